The molecule has 110 valence electrons. The third-order valence-corrected chi connectivity index (χ3v) is 3.58. The standard InChI is InChI=1S/C13H12ClFN4O2/c14-9-4-1-7(5-10(9)15)12(20)16-6-11-17-18-13(21)19(11)8-2-3-8/h1,4-5,8H,2-3,6H2,(H,16,20)(H,18,21). The molecule has 0 unspecified atom stereocenters. The van der Waals surface area contributed by atoms with E-state index in [1.54, 1.807) is 4.57 Å². The molecule has 6 nitrogen and oxygen atoms in total. The Balaban J connectivity index is 1.71. The third kappa shape index (κ3) is 2.82. The van der Waals surface area contributed by atoms with Crippen LogP contribution in [-0.2, 0) is 6.54 Å². The second-order valence-electron chi connectivity index (χ2n) is 4.86. The summed E-state index contributed by atoms with van der Waals surface area (Å²) in [4.78, 5) is 23.5. The molecule has 1 aromatic heterocycles. The first-order chi connectivity index (χ1) is 10.1. The predicted octanol–water partition coefficient (Wildman–Crippen LogP) is 1.63. The van der Waals surface area contributed by atoms with Crippen LogP contribution in [0.15, 0.2) is 23.0 Å². The van der Waals surface area contributed by atoms with E-state index in [4.69, 9.17) is 11.6 Å². The molecule has 0 aliphatic heterocycles. The smallest absolute Gasteiger partial charge is 0.343 e. The van der Waals surface area contributed by atoms with Crippen LogP contribution in [0.3, 0.4) is 0 Å². The summed E-state index contributed by atoms with van der Waals surface area (Å²) in [6.45, 7) is 0.0956. The van der Waals surface area contributed by atoms with Crippen LogP contribution in [0.1, 0.15) is 35.1 Å². The van der Waals surface area contributed by atoms with E-state index in [0.717, 1.165) is 18.9 Å². The number of hydrogen-bond acceptors (Lipinski definition) is 3. The Morgan fingerprint density at radius 3 is 2.95 bits per heavy atom. The molecule has 1 aliphatic carbocycles. The van der Waals surface area contributed by atoms with Crippen molar-refractivity contribution in [1.29, 1.82) is 0 Å². The second kappa shape index (κ2) is 5.33. The van der Waals surface area contributed by atoms with Gasteiger partial charge in [-0.3, -0.25) is 9.36 Å². The molecule has 21 heavy (non-hydrogen) atoms. The number of nitrogens with zero attached hydrogens (tertiary/aromatic N) is 2. The van der Waals surface area contributed by atoms with Crippen molar-refractivity contribution < 1.29 is 9.18 Å². The van der Waals surface area contributed by atoms with Gasteiger partial charge in [-0.15, -0.1) is 0 Å². The molecule has 0 bridgehead atoms. The minimum Gasteiger partial charge on any atom is -0.345 e. The van der Waals surface area contributed by atoms with E-state index in [9.17, 15) is 14.0 Å². The van der Waals surface area contributed by atoms with Crippen LogP contribution < -0.4 is 11.0 Å². The molecule has 2 aromatic rings. The first-order valence-corrected chi connectivity index (χ1v) is 6.83. The summed E-state index contributed by atoms with van der Waals surface area (Å²) in [5, 5.41) is 8.82. The van der Waals surface area contributed by atoms with E-state index < -0.39 is 11.7 Å². The van der Waals surface area contributed by atoms with Gasteiger partial charge in [0.1, 0.15) is 5.82 Å². The van der Waals surface area contributed by atoms with E-state index in [0.29, 0.717) is 5.82 Å². The molecule has 2 N–H and O–H groups in total. The Kier molecular flexibility index (Phi) is 3.50. The molecule has 1 aliphatic rings. The van der Waals surface area contributed by atoms with Crippen molar-refractivity contribution in [3.63, 3.8) is 0 Å². The molecule has 0 spiro atoms. The van der Waals surface area contributed by atoms with Gasteiger partial charge in [-0.2, -0.15) is 5.10 Å². The minimum atomic E-state index is -0.654. The van der Waals surface area contributed by atoms with Crippen molar-refractivity contribution in [1.82, 2.24) is 20.1 Å². The molecule has 0 atom stereocenters. The average Bonchev–Trinajstić information content (AvgIpc) is 3.23. The van der Waals surface area contributed by atoms with Crippen molar-refractivity contribution >= 4 is 17.5 Å². The van der Waals surface area contributed by atoms with Crippen LogP contribution in [0, 0.1) is 5.82 Å². The number of aromatic nitrogens is 3. The molecule has 1 fully saturated rings. The summed E-state index contributed by atoms with van der Waals surface area (Å²) in [7, 11) is 0. The number of carbonyl (C=O) groups is 1. The highest BCUT2D eigenvalue weighted by atomic mass is 35.5. The lowest BCUT2D eigenvalue weighted by molar-refractivity contribution is 0.0949. The number of halogens is 2. The largest absolute Gasteiger partial charge is 0.345 e. The first-order valence-electron chi connectivity index (χ1n) is 6.45. The third-order valence-electron chi connectivity index (χ3n) is 3.28. The maximum absolute atomic E-state index is 13.3. The zero-order valence-corrected chi connectivity index (χ0v) is 11.7. The summed E-state index contributed by atoms with van der Waals surface area (Å²) >= 11 is 5.56. The molecule has 0 radical (unpaired) electrons. The highest BCUT2D eigenvalue weighted by Crippen LogP contribution is 2.33. The first kappa shape index (κ1) is 13.8. The normalized spacial score (nSPS) is 14.2. The Morgan fingerprint density at radius 1 is 1.52 bits per heavy atom. The van der Waals surface area contributed by atoms with Gasteiger partial charge in [0.2, 0.25) is 0 Å². The Hall–Kier alpha value is -2.15. The topological polar surface area (TPSA) is 79.8 Å². The Labute approximate surface area is 123 Å². The van der Waals surface area contributed by atoms with Crippen molar-refractivity contribution in [3.05, 3.63) is 50.9 Å². The van der Waals surface area contributed by atoms with E-state index in [-0.39, 0.29) is 28.9 Å². The SMILES string of the molecule is O=C(NCc1n[nH]c(=O)n1C1CC1)c1ccc(Cl)c(F)c1. The number of benzene rings is 1. The van der Waals surface area contributed by atoms with E-state index in [1.165, 1.54) is 12.1 Å². The fourth-order valence-electron chi connectivity index (χ4n) is 2.07. The van der Waals surface area contributed by atoms with Crippen LogP contribution in [0.5, 0.6) is 0 Å². The molecule has 1 saturated carbocycles. The Bertz CT molecular complexity index is 751. The van der Waals surface area contributed by atoms with Crippen LogP contribution in [0.4, 0.5) is 4.39 Å². The highest BCUT2D eigenvalue weighted by Gasteiger charge is 2.28. The zero-order chi connectivity index (χ0) is 15.0. The number of H-pyrrole nitrogens is 1. The summed E-state index contributed by atoms with van der Waals surface area (Å²) < 4.78 is 14.9. The number of amides is 1. The molecule has 8 heteroatoms. The van der Waals surface area contributed by atoms with Crippen LogP contribution in [-0.4, -0.2) is 20.7 Å². The van der Waals surface area contributed by atoms with Gasteiger partial charge in [-0.1, -0.05) is 11.6 Å². The molecule has 1 aromatic carbocycles. The van der Waals surface area contributed by atoms with E-state index in [1.807, 2.05) is 0 Å². The molecule has 0 saturated heterocycles. The molecule has 1 amide bonds. The summed E-state index contributed by atoms with van der Waals surface area (Å²) in [5.74, 6) is -0.646. The van der Waals surface area contributed by atoms with Crippen molar-refractivity contribution in [2.45, 2.75) is 25.4 Å². The number of hydrogen-bond donors (Lipinski definition) is 2. The predicted molar refractivity (Wildman–Crippen MR) is 73.7 cm³/mol. The van der Waals surface area contributed by atoms with Crippen molar-refractivity contribution in [2.24, 2.45) is 0 Å². The fourth-order valence-corrected chi connectivity index (χ4v) is 2.19. The van der Waals surface area contributed by atoms with E-state index in [2.05, 4.69) is 15.5 Å². The van der Waals surface area contributed by atoms with Crippen molar-refractivity contribution in [3.8, 4) is 0 Å². The molecule has 1 heterocycles. The number of carbonyl (C=O) groups excluding carboxylic acids is 1. The maximum atomic E-state index is 13.3. The highest BCUT2D eigenvalue weighted by molar-refractivity contribution is 6.30. The average molecular weight is 311 g/mol. The maximum Gasteiger partial charge on any atom is 0.343 e. The lowest BCUT2D eigenvalue weighted by Gasteiger charge is -2.06. The van der Waals surface area contributed by atoms with Gasteiger partial charge in [0.05, 0.1) is 11.6 Å². The van der Waals surface area contributed by atoms with Gasteiger partial charge in [0.15, 0.2) is 5.82 Å². The molecule has 3 rings (SSSR count). The van der Waals surface area contributed by atoms with Crippen molar-refractivity contribution in [2.75, 3.05) is 0 Å². The summed E-state index contributed by atoms with van der Waals surface area (Å²) in [6, 6.07) is 3.98. The lowest BCUT2D eigenvalue weighted by atomic mass is 10.2. The van der Waals surface area contributed by atoms with E-state index >= 15 is 0 Å². The zero-order valence-electron chi connectivity index (χ0n) is 10.9. The molecular formula is C13H12ClFN4O2. The lowest BCUT2D eigenvalue weighted by Crippen LogP contribution is -2.26. The van der Waals surface area contributed by atoms with Crippen LogP contribution >= 0.6 is 11.6 Å². The van der Waals surface area contributed by atoms with Gasteiger partial charge in [0.25, 0.3) is 5.91 Å². The fraction of sp³-hybridized carbons (Fsp3) is 0.308. The summed E-state index contributed by atoms with van der Waals surface area (Å²) in [5.41, 5.74) is -0.118. The number of nitrogens with one attached hydrogen (secondary N) is 2. The van der Waals surface area contributed by atoms with Gasteiger partial charge in [0, 0.05) is 11.6 Å². The second-order valence-corrected chi connectivity index (χ2v) is 5.26. The van der Waals surface area contributed by atoms with Gasteiger partial charge in [-0.05, 0) is 31.0 Å². The van der Waals surface area contributed by atoms with Gasteiger partial charge in [-0.25, -0.2) is 14.3 Å². The van der Waals surface area contributed by atoms with Crippen LogP contribution in [0.25, 0.3) is 0 Å². The summed E-state index contributed by atoms with van der Waals surface area (Å²) in [6.07, 6.45) is 1.87. The molecular weight excluding hydrogens is 299 g/mol. The quantitative estimate of drug-likeness (QED) is 0.900. The number of rotatable bonds is 4. The van der Waals surface area contributed by atoms with Gasteiger partial charge >= 0.3 is 5.69 Å². The monoisotopic (exact) mass is 310 g/mol. The Morgan fingerprint density at radius 2 is 2.29 bits per heavy atom. The minimum absolute atomic E-state index is 0.0403. The number of aromatic amines is 1. The van der Waals surface area contributed by atoms with Gasteiger partial charge < -0.3 is 5.32 Å². The van der Waals surface area contributed by atoms with Crippen LogP contribution in [0.2, 0.25) is 5.02 Å².